The Morgan fingerprint density at radius 1 is 1.08 bits per heavy atom. The Balaban J connectivity index is 1.54. The van der Waals surface area contributed by atoms with Crippen LogP contribution in [0.4, 0.5) is 5.13 Å². The number of carbonyl (C=O) groups is 1. The second kappa shape index (κ2) is 9.72. The lowest BCUT2D eigenvalue weighted by Crippen LogP contribution is -2.47. The van der Waals surface area contributed by atoms with Crippen LogP contribution in [0.15, 0.2) is 65.7 Å². The summed E-state index contributed by atoms with van der Waals surface area (Å²) in [5.74, 6) is -0.276. The maximum absolute atomic E-state index is 14.1. The van der Waals surface area contributed by atoms with Gasteiger partial charge in [0.15, 0.2) is 5.13 Å². The number of rotatable bonds is 6. The van der Waals surface area contributed by atoms with Crippen molar-refractivity contribution in [3.8, 4) is 0 Å². The summed E-state index contributed by atoms with van der Waals surface area (Å²) >= 11 is 1.45. The highest BCUT2D eigenvalue weighted by Crippen LogP contribution is 2.35. The summed E-state index contributed by atoms with van der Waals surface area (Å²) in [4.78, 5) is 25.1. The molecule has 1 atom stereocenters. The molecule has 3 heterocycles. The molecule has 1 unspecified atom stereocenters. The normalized spacial score (nSPS) is 16.5. The first-order valence-electron chi connectivity index (χ1n) is 11.9. The van der Waals surface area contributed by atoms with Crippen molar-refractivity contribution in [1.29, 1.82) is 0 Å². The number of aryl methyl sites for hydroxylation is 3. The fraction of sp³-hybridized carbons (Fsp3) is 0.296. The highest BCUT2D eigenvalue weighted by molar-refractivity contribution is 7.89. The summed E-state index contributed by atoms with van der Waals surface area (Å²) in [7, 11) is -3.82. The molecule has 5 rings (SSSR count). The molecule has 2 aromatic carbocycles. The van der Waals surface area contributed by atoms with Crippen molar-refractivity contribution < 1.29 is 13.2 Å². The lowest BCUT2D eigenvalue weighted by Gasteiger charge is -2.28. The second-order valence-electron chi connectivity index (χ2n) is 9.26. The number of benzene rings is 2. The summed E-state index contributed by atoms with van der Waals surface area (Å²) in [6.45, 7) is 6.48. The monoisotopic (exact) mass is 520 g/mol. The average molecular weight is 521 g/mol. The third kappa shape index (κ3) is 4.66. The van der Waals surface area contributed by atoms with Gasteiger partial charge in [0, 0.05) is 12.7 Å². The molecule has 1 fully saturated rings. The first-order valence-corrected chi connectivity index (χ1v) is 14.2. The molecular weight excluding hydrogens is 492 g/mol. The van der Waals surface area contributed by atoms with Crippen molar-refractivity contribution in [2.75, 3.05) is 11.4 Å². The molecule has 9 heteroatoms. The number of pyridine rings is 1. The van der Waals surface area contributed by atoms with Crippen LogP contribution in [0.1, 0.15) is 35.2 Å². The quantitative estimate of drug-likeness (QED) is 0.357. The predicted molar refractivity (Wildman–Crippen MR) is 143 cm³/mol. The molecule has 1 saturated heterocycles. The van der Waals surface area contributed by atoms with Gasteiger partial charge in [-0.15, -0.1) is 0 Å². The lowest BCUT2D eigenvalue weighted by molar-refractivity contribution is -0.121. The van der Waals surface area contributed by atoms with Gasteiger partial charge in [0.25, 0.3) is 0 Å². The Bertz CT molecular complexity index is 1520. The molecule has 0 radical (unpaired) electrons. The summed E-state index contributed by atoms with van der Waals surface area (Å²) in [5, 5.41) is 0.550. The average Bonchev–Trinajstić information content (AvgIpc) is 3.51. The molecule has 0 aliphatic carbocycles. The summed E-state index contributed by atoms with van der Waals surface area (Å²) < 4.78 is 29.4. The number of carbonyl (C=O) groups excluding carboxylic acids is 1. The first-order chi connectivity index (χ1) is 17.2. The van der Waals surface area contributed by atoms with Crippen LogP contribution >= 0.6 is 11.3 Å². The van der Waals surface area contributed by atoms with Crippen molar-refractivity contribution >= 4 is 42.6 Å². The van der Waals surface area contributed by atoms with E-state index in [1.165, 1.54) is 15.6 Å². The summed E-state index contributed by atoms with van der Waals surface area (Å²) in [6.07, 6.45) is 2.77. The van der Waals surface area contributed by atoms with Crippen molar-refractivity contribution in [2.24, 2.45) is 0 Å². The SMILES string of the molecule is Cc1ccc(S(=O)(=O)N2CCCC2C(=O)N(Cc2ccccn2)c2nc3c(C)cc(C)cc3s2)cc1. The topological polar surface area (TPSA) is 83.5 Å². The fourth-order valence-electron chi connectivity index (χ4n) is 4.67. The minimum absolute atomic E-state index is 0.204. The fourth-order valence-corrected chi connectivity index (χ4v) is 7.47. The van der Waals surface area contributed by atoms with Crippen LogP contribution in [-0.4, -0.2) is 41.2 Å². The zero-order valence-corrected chi connectivity index (χ0v) is 22.1. The van der Waals surface area contributed by atoms with E-state index < -0.39 is 16.1 Å². The van der Waals surface area contributed by atoms with Gasteiger partial charge >= 0.3 is 0 Å². The molecule has 7 nitrogen and oxygen atoms in total. The van der Waals surface area contributed by atoms with Crippen LogP contribution in [0.5, 0.6) is 0 Å². The Kier molecular flexibility index (Phi) is 6.63. The predicted octanol–water partition coefficient (Wildman–Crippen LogP) is 5.00. The minimum Gasteiger partial charge on any atom is -0.281 e. The Hall–Kier alpha value is -3.14. The molecule has 36 heavy (non-hydrogen) atoms. The standard InChI is InChI=1S/C27H28N4O3S2/c1-18-9-11-22(12-10-18)36(33,34)31-14-6-8-23(31)26(32)30(17-21-7-4-5-13-28-21)27-29-25-20(3)15-19(2)16-24(25)35-27/h4-5,7,9-13,15-16,23H,6,8,14,17H2,1-3H3. The van der Waals surface area contributed by atoms with Gasteiger partial charge in [-0.25, -0.2) is 13.4 Å². The van der Waals surface area contributed by atoms with Crippen LogP contribution in [0, 0.1) is 20.8 Å². The number of aromatic nitrogens is 2. The molecule has 1 aliphatic heterocycles. The van der Waals surface area contributed by atoms with Gasteiger partial charge < -0.3 is 0 Å². The van der Waals surface area contributed by atoms with E-state index in [2.05, 4.69) is 17.1 Å². The Morgan fingerprint density at radius 3 is 2.58 bits per heavy atom. The number of hydrogen-bond acceptors (Lipinski definition) is 6. The van der Waals surface area contributed by atoms with E-state index >= 15 is 0 Å². The maximum Gasteiger partial charge on any atom is 0.247 e. The van der Waals surface area contributed by atoms with Crippen LogP contribution in [0.2, 0.25) is 0 Å². The molecule has 0 saturated carbocycles. The largest absolute Gasteiger partial charge is 0.281 e. The first kappa shape index (κ1) is 24.5. The highest BCUT2D eigenvalue weighted by Gasteiger charge is 2.42. The van der Waals surface area contributed by atoms with Gasteiger partial charge in [-0.2, -0.15) is 4.31 Å². The van der Waals surface area contributed by atoms with E-state index in [0.717, 1.165) is 26.9 Å². The molecule has 2 aromatic heterocycles. The zero-order valence-electron chi connectivity index (χ0n) is 20.5. The number of thiazole rings is 1. The van der Waals surface area contributed by atoms with Gasteiger partial charge in [0.1, 0.15) is 6.04 Å². The van der Waals surface area contributed by atoms with Crippen molar-refractivity contribution in [2.45, 2.75) is 51.1 Å². The van der Waals surface area contributed by atoms with E-state index in [9.17, 15) is 13.2 Å². The number of anilines is 1. The van der Waals surface area contributed by atoms with Crippen molar-refractivity contribution in [3.63, 3.8) is 0 Å². The van der Waals surface area contributed by atoms with E-state index in [1.54, 1.807) is 35.4 Å². The lowest BCUT2D eigenvalue weighted by atomic mass is 10.1. The number of amides is 1. The number of hydrogen-bond donors (Lipinski definition) is 0. The molecule has 0 bridgehead atoms. The second-order valence-corrected chi connectivity index (χ2v) is 12.2. The molecule has 4 aromatic rings. The van der Waals surface area contributed by atoms with Crippen molar-refractivity contribution in [3.05, 3.63) is 83.2 Å². The van der Waals surface area contributed by atoms with Gasteiger partial charge in [0.2, 0.25) is 15.9 Å². The maximum atomic E-state index is 14.1. The smallest absolute Gasteiger partial charge is 0.247 e. The molecule has 0 spiro atoms. The van der Waals surface area contributed by atoms with Crippen LogP contribution in [0.3, 0.4) is 0 Å². The molecule has 1 amide bonds. The number of sulfonamides is 1. The third-order valence-electron chi connectivity index (χ3n) is 6.48. The zero-order chi connectivity index (χ0) is 25.4. The van der Waals surface area contributed by atoms with E-state index in [1.807, 2.05) is 39.0 Å². The van der Waals surface area contributed by atoms with Gasteiger partial charge in [-0.05, 0) is 75.1 Å². The third-order valence-corrected chi connectivity index (χ3v) is 9.43. The van der Waals surface area contributed by atoms with Crippen LogP contribution in [-0.2, 0) is 21.4 Å². The van der Waals surface area contributed by atoms with Gasteiger partial charge in [-0.3, -0.25) is 14.7 Å². The highest BCUT2D eigenvalue weighted by atomic mass is 32.2. The Labute approximate surface area is 215 Å². The summed E-state index contributed by atoms with van der Waals surface area (Å²) in [5.41, 5.74) is 4.72. The van der Waals surface area contributed by atoms with Gasteiger partial charge in [0.05, 0.1) is 27.4 Å². The van der Waals surface area contributed by atoms with Gasteiger partial charge in [-0.1, -0.05) is 41.2 Å². The number of fused-ring (bicyclic) bond motifs is 1. The van der Waals surface area contributed by atoms with E-state index in [-0.39, 0.29) is 17.3 Å². The van der Waals surface area contributed by atoms with E-state index in [4.69, 9.17) is 4.98 Å². The van der Waals surface area contributed by atoms with Crippen LogP contribution < -0.4 is 4.90 Å². The molecule has 0 N–H and O–H groups in total. The number of nitrogens with zero attached hydrogens (tertiary/aromatic N) is 4. The molecule has 1 aliphatic rings. The summed E-state index contributed by atoms with van der Waals surface area (Å²) in [6, 6.07) is 15.7. The van der Waals surface area contributed by atoms with E-state index in [0.29, 0.717) is 30.2 Å². The minimum atomic E-state index is -3.82. The molecule has 186 valence electrons. The van der Waals surface area contributed by atoms with Crippen LogP contribution in [0.25, 0.3) is 10.2 Å². The van der Waals surface area contributed by atoms with Crippen molar-refractivity contribution in [1.82, 2.24) is 14.3 Å². The Morgan fingerprint density at radius 2 is 1.86 bits per heavy atom. The molecular formula is C27H28N4O3S2.